The summed E-state index contributed by atoms with van der Waals surface area (Å²) in [6.07, 6.45) is 0. The summed E-state index contributed by atoms with van der Waals surface area (Å²) in [5, 5.41) is -0.322. The Morgan fingerprint density at radius 1 is 1.00 bits per heavy atom. The Morgan fingerprint density at radius 2 is 1.33 bits per heavy atom. The Kier molecular flexibility index (Phi) is 3.35. The lowest BCUT2D eigenvalue weighted by molar-refractivity contribution is 0.156. The molecule has 1 N–H and O–H groups in total. The van der Waals surface area contributed by atoms with Gasteiger partial charge in [0.15, 0.2) is 8.32 Å². The van der Waals surface area contributed by atoms with Crippen molar-refractivity contribution >= 4 is 16.6 Å². The molecule has 0 aliphatic heterocycles. The summed E-state index contributed by atoms with van der Waals surface area (Å²) in [5.41, 5.74) is 0. The standard InChI is InChI=1S/C8H22O2Si2/c1-8(2,12(6,7)9)10-11(3,4)5/h9H,1-7H3. The molecule has 0 amide bonds. The zero-order chi connectivity index (χ0) is 10.2. The quantitative estimate of drug-likeness (QED) is 0.718. The van der Waals surface area contributed by atoms with Crippen LogP contribution in [0.15, 0.2) is 0 Å². The number of hydrogen-bond donors (Lipinski definition) is 1. The van der Waals surface area contributed by atoms with Crippen LogP contribution >= 0.6 is 0 Å². The summed E-state index contributed by atoms with van der Waals surface area (Å²) in [6, 6.07) is 0. The lowest BCUT2D eigenvalue weighted by Crippen LogP contribution is -2.56. The third-order valence-corrected chi connectivity index (χ3v) is 6.41. The van der Waals surface area contributed by atoms with Gasteiger partial charge in [0, 0.05) is 0 Å². The van der Waals surface area contributed by atoms with E-state index in [1.165, 1.54) is 0 Å². The topological polar surface area (TPSA) is 29.5 Å². The van der Waals surface area contributed by atoms with Gasteiger partial charge in [0.1, 0.15) is 0 Å². The minimum atomic E-state index is -2.18. The molecule has 12 heavy (non-hydrogen) atoms. The molecule has 0 aliphatic rings. The van der Waals surface area contributed by atoms with Crippen LogP contribution in [-0.2, 0) is 4.43 Å². The van der Waals surface area contributed by atoms with Crippen LogP contribution < -0.4 is 0 Å². The van der Waals surface area contributed by atoms with Gasteiger partial charge < -0.3 is 9.22 Å². The van der Waals surface area contributed by atoms with Crippen LogP contribution in [-0.4, -0.2) is 26.7 Å². The summed E-state index contributed by atoms with van der Waals surface area (Å²) < 4.78 is 5.94. The van der Waals surface area contributed by atoms with Gasteiger partial charge in [0.2, 0.25) is 8.32 Å². The Hall–Kier alpha value is 0.354. The first-order chi connectivity index (χ1) is 4.96. The summed E-state index contributed by atoms with van der Waals surface area (Å²) in [5.74, 6) is 0. The Morgan fingerprint density at radius 3 is 1.42 bits per heavy atom. The van der Waals surface area contributed by atoms with Crippen molar-refractivity contribution in [3.63, 3.8) is 0 Å². The molecule has 4 heteroatoms. The van der Waals surface area contributed by atoms with Crippen molar-refractivity contribution in [2.75, 3.05) is 0 Å². The Labute approximate surface area is 78.2 Å². The van der Waals surface area contributed by atoms with Crippen molar-refractivity contribution in [2.45, 2.75) is 51.8 Å². The molecule has 0 saturated heterocycles. The molecule has 0 bridgehead atoms. The fraction of sp³-hybridized carbons (Fsp3) is 1.00. The first kappa shape index (κ1) is 12.4. The Balaban J connectivity index is 4.44. The lowest BCUT2D eigenvalue weighted by atomic mass is 10.5. The molecule has 0 aliphatic carbocycles. The third-order valence-electron chi connectivity index (χ3n) is 2.03. The molecule has 0 fully saturated rings. The van der Waals surface area contributed by atoms with Crippen LogP contribution in [0.2, 0.25) is 32.7 Å². The van der Waals surface area contributed by atoms with Crippen molar-refractivity contribution in [1.29, 1.82) is 0 Å². The van der Waals surface area contributed by atoms with Crippen molar-refractivity contribution in [3.05, 3.63) is 0 Å². The molecule has 0 aromatic carbocycles. The predicted molar refractivity (Wildman–Crippen MR) is 58.2 cm³/mol. The molecule has 0 atom stereocenters. The monoisotopic (exact) mass is 206 g/mol. The van der Waals surface area contributed by atoms with Crippen LogP contribution in [0.25, 0.3) is 0 Å². The highest BCUT2D eigenvalue weighted by atomic mass is 28.4. The van der Waals surface area contributed by atoms with E-state index in [-0.39, 0.29) is 5.22 Å². The zero-order valence-electron chi connectivity index (χ0n) is 9.36. The molecular weight excluding hydrogens is 184 g/mol. The highest BCUT2D eigenvalue weighted by molar-refractivity contribution is 6.75. The second kappa shape index (κ2) is 3.25. The molecule has 0 spiro atoms. The maximum Gasteiger partial charge on any atom is 0.212 e. The molecule has 2 nitrogen and oxygen atoms in total. The zero-order valence-corrected chi connectivity index (χ0v) is 11.4. The first-order valence-electron chi connectivity index (χ1n) is 4.38. The van der Waals surface area contributed by atoms with Crippen LogP contribution in [0, 0.1) is 0 Å². The highest BCUT2D eigenvalue weighted by Crippen LogP contribution is 2.25. The number of rotatable bonds is 3. The lowest BCUT2D eigenvalue weighted by Gasteiger charge is -2.40. The van der Waals surface area contributed by atoms with Gasteiger partial charge in [-0.3, -0.25) is 0 Å². The van der Waals surface area contributed by atoms with E-state index in [9.17, 15) is 4.80 Å². The molecule has 0 aromatic rings. The predicted octanol–water partition coefficient (Wildman–Crippen LogP) is 2.35. The normalized spacial score (nSPS) is 15.0. The van der Waals surface area contributed by atoms with E-state index in [0.717, 1.165) is 0 Å². The van der Waals surface area contributed by atoms with Crippen molar-refractivity contribution < 1.29 is 9.22 Å². The van der Waals surface area contributed by atoms with Crippen LogP contribution in [0.5, 0.6) is 0 Å². The van der Waals surface area contributed by atoms with Gasteiger partial charge in [0.05, 0.1) is 5.22 Å². The smallest absolute Gasteiger partial charge is 0.212 e. The minimum absolute atomic E-state index is 0.322. The largest absolute Gasteiger partial charge is 0.429 e. The molecule has 0 rings (SSSR count). The molecule has 0 aromatic heterocycles. The molecular formula is C8H22O2Si2. The summed E-state index contributed by atoms with van der Waals surface area (Å²) >= 11 is 0. The molecule has 0 unspecified atom stereocenters. The van der Waals surface area contributed by atoms with E-state index in [2.05, 4.69) is 19.6 Å². The third kappa shape index (κ3) is 3.84. The minimum Gasteiger partial charge on any atom is -0.429 e. The molecule has 0 heterocycles. The highest BCUT2D eigenvalue weighted by Gasteiger charge is 2.41. The van der Waals surface area contributed by atoms with E-state index >= 15 is 0 Å². The summed E-state index contributed by atoms with van der Waals surface area (Å²) in [7, 11) is -3.71. The molecule has 0 radical (unpaired) electrons. The van der Waals surface area contributed by atoms with Gasteiger partial charge in [-0.2, -0.15) is 0 Å². The van der Waals surface area contributed by atoms with Gasteiger partial charge in [-0.05, 0) is 46.6 Å². The van der Waals surface area contributed by atoms with Gasteiger partial charge in [0.25, 0.3) is 0 Å². The van der Waals surface area contributed by atoms with Crippen LogP contribution in [0.3, 0.4) is 0 Å². The van der Waals surface area contributed by atoms with Gasteiger partial charge >= 0.3 is 0 Å². The van der Waals surface area contributed by atoms with Gasteiger partial charge in [-0.1, -0.05) is 0 Å². The van der Waals surface area contributed by atoms with Crippen molar-refractivity contribution in [1.82, 2.24) is 0 Å². The SMILES string of the molecule is CC(C)(O[Si](C)(C)C)[Si](C)(C)O. The molecule has 0 saturated carbocycles. The Bertz CT molecular complexity index is 153. The van der Waals surface area contributed by atoms with Gasteiger partial charge in [-0.15, -0.1) is 0 Å². The van der Waals surface area contributed by atoms with Crippen molar-refractivity contribution in [2.24, 2.45) is 0 Å². The summed E-state index contributed by atoms with van der Waals surface area (Å²) in [4.78, 5) is 9.94. The summed E-state index contributed by atoms with van der Waals surface area (Å²) in [6.45, 7) is 14.3. The average Bonchev–Trinajstić information content (AvgIpc) is 1.52. The van der Waals surface area contributed by atoms with Crippen molar-refractivity contribution in [3.8, 4) is 0 Å². The first-order valence-corrected chi connectivity index (χ1v) is 10.7. The average molecular weight is 206 g/mol. The maximum absolute atomic E-state index is 9.94. The fourth-order valence-corrected chi connectivity index (χ4v) is 4.34. The van der Waals surface area contributed by atoms with E-state index in [0.29, 0.717) is 0 Å². The van der Waals surface area contributed by atoms with E-state index < -0.39 is 16.6 Å². The number of hydrogen-bond acceptors (Lipinski definition) is 2. The fourth-order valence-electron chi connectivity index (χ4n) is 0.890. The van der Waals surface area contributed by atoms with E-state index in [1.807, 2.05) is 26.9 Å². The van der Waals surface area contributed by atoms with Crippen LogP contribution in [0.4, 0.5) is 0 Å². The maximum atomic E-state index is 9.94. The second-order valence-electron chi connectivity index (χ2n) is 5.28. The second-order valence-corrected chi connectivity index (χ2v) is 14.0. The van der Waals surface area contributed by atoms with Gasteiger partial charge in [-0.25, -0.2) is 0 Å². The molecule has 74 valence electrons. The van der Waals surface area contributed by atoms with E-state index in [1.54, 1.807) is 0 Å². The van der Waals surface area contributed by atoms with E-state index in [4.69, 9.17) is 4.43 Å². The van der Waals surface area contributed by atoms with Crippen LogP contribution in [0.1, 0.15) is 13.8 Å².